The van der Waals surface area contributed by atoms with Gasteiger partial charge in [0.1, 0.15) is 11.9 Å². The van der Waals surface area contributed by atoms with Gasteiger partial charge < -0.3 is 10.1 Å². The fraction of sp³-hybridized carbons (Fsp3) is 0.211. The van der Waals surface area contributed by atoms with Crippen LogP contribution in [-0.2, 0) is 16.0 Å². The molecule has 7 heteroatoms. The van der Waals surface area contributed by atoms with E-state index in [-0.39, 0.29) is 23.3 Å². The van der Waals surface area contributed by atoms with Crippen LogP contribution >= 0.6 is 12.2 Å². The van der Waals surface area contributed by atoms with Crippen LogP contribution in [0.5, 0.6) is 0 Å². The molecule has 0 fully saturated rings. The molecule has 2 aromatic carbocycles. The highest BCUT2D eigenvalue weighted by atomic mass is 32.1. The van der Waals surface area contributed by atoms with Crippen LogP contribution in [0, 0.1) is 12.7 Å². The number of aryl methyl sites for hydroxylation is 1. The van der Waals surface area contributed by atoms with Gasteiger partial charge >= 0.3 is 5.97 Å². The summed E-state index contributed by atoms with van der Waals surface area (Å²) in [4.78, 5) is 24.2. The van der Waals surface area contributed by atoms with E-state index in [2.05, 4.69) is 10.6 Å². The molecule has 2 aromatic rings. The van der Waals surface area contributed by atoms with E-state index in [0.29, 0.717) is 5.56 Å². The van der Waals surface area contributed by atoms with Crippen LogP contribution in [0.4, 0.5) is 4.39 Å². The predicted octanol–water partition coefficient (Wildman–Crippen LogP) is 2.52. The van der Waals surface area contributed by atoms with Crippen molar-refractivity contribution < 1.29 is 18.7 Å². The molecule has 0 saturated heterocycles. The Morgan fingerprint density at radius 3 is 2.31 bits per heavy atom. The van der Waals surface area contributed by atoms with E-state index in [4.69, 9.17) is 17.0 Å². The van der Waals surface area contributed by atoms with Crippen molar-refractivity contribution in [1.82, 2.24) is 10.6 Å². The number of benzene rings is 2. The molecule has 0 radical (unpaired) electrons. The molecule has 0 saturated carbocycles. The van der Waals surface area contributed by atoms with E-state index in [0.717, 1.165) is 11.1 Å². The third-order valence-electron chi connectivity index (χ3n) is 3.68. The Kier molecular flexibility index (Phi) is 6.80. The highest BCUT2D eigenvalue weighted by molar-refractivity contribution is 7.80. The molecular weight excluding hydrogens is 355 g/mol. The first-order valence-corrected chi connectivity index (χ1v) is 8.30. The van der Waals surface area contributed by atoms with E-state index in [1.54, 1.807) is 24.3 Å². The Morgan fingerprint density at radius 2 is 1.73 bits per heavy atom. The number of ether oxygens (including phenoxy) is 1. The van der Waals surface area contributed by atoms with E-state index in [9.17, 15) is 14.0 Å². The van der Waals surface area contributed by atoms with Gasteiger partial charge in [-0.25, -0.2) is 9.18 Å². The first kappa shape index (κ1) is 19.5. The van der Waals surface area contributed by atoms with Crippen LogP contribution in [0.1, 0.15) is 21.5 Å². The molecule has 26 heavy (non-hydrogen) atoms. The third kappa shape index (κ3) is 5.63. The molecule has 1 atom stereocenters. The summed E-state index contributed by atoms with van der Waals surface area (Å²) in [5, 5.41) is 5.32. The fourth-order valence-corrected chi connectivity index (χ4v) is 2.50. The Hall–Kier alpha value is -2.80. The molecule has 0 aliphatic rings. The predicted molar refractivity (Wildman–Crippen MR) is 100 cm³/mol. The number of carbonyl (C=O) groups excluding carboxylic acids is 2. The normalized spacial score (nSPS) is 11.3. The van der Waals surface area contributed by atoms with Gasteiger partial charge in [-0.15, -0.1) is 0 Å². The highest BCUT2D eigenvalue weighted by Crippen LogP contribution is 2.07. The van der Waals surface area contributed by atoms with Crippen LogP contribution < -0.4 is 10.6 Å². The Morgan fingerprint density at radius 1 is 1.12 bits per heavy atom. The molecule has 1 unspecified atom stereocenters. The Balaban J connectivity index is 2.01. The second-order valence-electron chi connectivity index (χ2n) is 5.70. The van der Waals surface area contributed by atoms with Gasteiger partial charge in [-0.2, -0.15) is 0 Å². The van der Waals surface area contributed by atoms with Gasteiger partial charge in [-0.05, 0) is 49.0 Å². The summed E-state index contributed by atoms with van der Waals surface area (Å²) in [7, 11) is 1.26. The summed E-state index contributed by atoms with van der Waals surface area (Å²) in [6.45, 7) is 1.92. The van der Waals surface area contributed by atoms with Crippen molar-refractivity contribution in [1.29, 1.82) is 0 Å². The standard InChI is InChI=1S/C19H19FN2O3S/c1-12-3-7-14(8-4-12)17(23)22-19(26)21-16(18(24)25-2)11-13-5-9-15(20)10-6-13/h3-10,16H,11H2,1-2H3,(H2,21,22,23,26). The van der Waals surface area contributed by atoms with Gasteiger partial charge in [0.05, 0.1) is 7.11 Å². The fourth-order valence-electron chi connectivity index (χ4n) is 2.27. The second-order valence-corrected chi connectivity index (χ2v) is 6.11. The SMILES string of the molecule is COC(=O)C(Cc1ccc(F)cc1)NC(=S)NC(=O)c1ccc(C)cc1. The second kappa shape index (κ2) is 9.05. The van der Waals surface area contributed by atoms with Crippen molar-refractivity contribution >= 4 is 29.2 Å². The summed E-state index contributed by atoms with van der Waals surface area (Å²) in [5.74, 6) is -1.29. The zero-order chi connectivity index (χ0) is 19.1. The minimum atomic E-state index is -0.809. The number of methoxy groups -OCH3 is 1. The van der Waals surface area contributed by atoms with Crippen LogP contribution in [0.25, 0.3) is 0 Å². The monoisotopic (exact) mass is 374 g/mol. The maximum absolute atomic E-state index is 13.0. The largest absolute Gasteiger partial charge is 0.467 e. The number of hydrogen-bond donors (Lipinski definition) is 2. The number of carbonyl (C=O) groups is 2. The number of thiocarbonyl (C=S) groups is 1. The molecule has 2 rings (SSSR count). The lowest BCUT2D eigenvalue weighted by Crippen LogP contribution is -2.49. The lowest BCUT2D eigenvalue weighted by molar-refractivity contribution is -0.142. The van der Waals surface area contributed by atoms with Crippen LogP contribution in [0.2, 0.25) is 0 Å². The molecule has 5 nitrogen and oxygen atoms in total. The highest BCUT2D eigenvalue weighted by Gasteiger charge is 2.21. The number of esters is 1. The van der Waals surface area contributed by atoms with Gasteiger partial charge in [0.2, 0.25) is 0 Å². The molecule has 0 aliphatic carbocycles. The van der Waals surface area contributed by atoms with Gasteiger partial charge in [0, 0.05) is 12.0 Å². The smallest absolute Gasteiger partial charge is 0.328 e. The Bertz CT molecular complexity index is 791. The zero-order valence-corrected chi connectivity index (χ0v) is 15.2. The third-order valence-corrected chi connectivity index (χ3v) is 3.90. The number of nitrogens with one attached hydrogen (secondary N) is 2. The number of hydrogen-bond acceptors (Lipinski definition) is 4. The average molecular weight is 374 g/mol. The molecule has 0 spiro atoms. The minimum Gasteiger partial charge on any atom is -0.467 e. The molecule has 1 amide bonds. The van der Waals surface area contributed by atoms with Crippen molar-refractivity contribution in [2.75, 3.05) is 7.11 Å². The first-order valence-electron chi connectivity index (χ1n) is 7.90. The summed E-state index contributed by atoms with van der Waals surface area (Å²) >= 11 is 5.13. The Labute approximate surface area is 156 Å². The maximum atomic E-state index is 13.0. The average Bonchev–Trinajstić information content (AvgIpc) is 2.62. The molecule has 2 N–H and O–H groups in total. The van der Waals surface area contributed by atoms with Crippen molar-refractivity contribution in [3.05, 3.63) is 71.0 Å². The van der Waals surface area contributed by atoms with Gasteiger partial charge in [-0.3, -0.25) is 10.1 Å². The van der Waals surface area contributed by atoms with E-state index in [1.807, 2.05) is 19.1 Å². The molecule has 0 aromatic heterocycles. The van der Waals surface area contributed by atoms with Crippen molar-refractivity contribution in [3.8, 4) is 0 Å². The van der Waals surface area contributed by atoms with Crippen molar-refractivity contribution in [2.45, 2.75) is 19.4 Å². The lowest BCUT2D eigenvalue weighted by Gasteiger charge is -2.18. The summed E-state index contributed by atoms with van der Waals surface area (Å²) in [6.07, 6.45) is 0.230. The van der Waals surface area contributed by atoms with E-state index in [1.165, 1.54) is 19.2 Å². The van der Waals surface area contributed by atoms with Gasteiger partial charge in [0.25, 0.3) is 5.91 Å². The zero-order valence-electron chi connectivity index (χ0n) is 14.4. The topological polar surface area (TPSA) is 67.4 Å². The van der Waals surface area contributed by atoms with E-state index >= 15 is 0 Å². The van der Waals surface area contributed by atoms with Crippen LogP contribution in [0.3, 0.4) is 0 Å². The summed E-state index contributed by atoms with van der Waals surface area (Å²) in [6, 6.07) is 11.9. The number of amides is 1. The van der Waals surface area contributed by atoms with E-state index < -0.39 is 12.0 Å². The number of rotatable bonds is 5. The molecule has 136 valence electrons. The number of halogens is 1. The molecule has 0 aliphatic heterocycles. The first-order chi connectivity index (χ1) is 12.4. The van der Waals surface area contributed by atoms with Gasteiger partial charge in [0.15, 0.2) is 5.11 Å². The lowest BCUT2D eigenvalue weighted by atomic mass is 10.1. The minimum absolute atomic E-state index is 0.00749. The van der Waals surface area contributed by atoms with Crippen molar-refractivity contribution in [3.63, 3.8) is 0 Å². The quantitative estimate of drug-likeness (QED) is 0.622. The molecular formula is C19H19FN2O3S. The molecule has 0 bridgehead atoms. The van der Waals surface area contributed by atoms with Gasteiger partial charge in [-0.1, -0.05) is 29.8 Å². The van der Waals surface area contributed by atoms with Crippen molar-refractivity contribution in [2.24, 2.45) is 0 Å². The van der Waals surface area contributed by atoms with Crippen LogP contribution in [-0.4, -0.2) is 30.1 Å². The maximum Gasteiger partial charge on any atom is 0.328 e. The van der Waals surface area contributed by atoms with Crippen LogP contribution in [0.15, 0.2) is 48.5 Å². The molecule has 0 heterocycles. The summed E-state index contributed by atoms with van der Waals surface area (Å²) in [5.41, 5.74) is 2.21. The summed E-state index contributed by atoms with van der Waals surface area (Å²) < 4.78 is 17.8.